The lowest BCUT2D eigenvalue weighted by Crippen LogP contribution is -2.25. The summed E-state index contributed by atoms with van der Waals surface area (Å²) in [5.41, 5.74) is 2.92. The van der Waals surface area contributed by atoms with Crippen molar-refractivity contribution in [1.29, 1.82) is 0 Å². The molecule has 1 saturated heterocycles. The van der Waals surface area contributed by atoms with Crippen molar-refractivity contribution >= 4 is 0 Å². The Bertz CT molecular complexity index is 1180. The van der Waals surface area contributed by atoms with E-state index < -0.39 is 11.6 Å². The summed E-state index contributed by atoms with van der Waals surface area (Å²) in [5, 5.41) is 0. The largest absolute Gasteiger partial charge is 0.490 e. The minimum atomic E-state index is -0.988. The van der Waals surface area contributed by atoms with E-state index in [-0.39, 0.29) is 29.2 Å². The summed E-state index contributed by atoms with van der Waals surface area (Å²) >= 11 is 0. The summed E-state index contributed by atoms with van der Waals surface area (Å²) in [6.07, 6.45) is 9.01. The van der Waals surface area contributed by atoms with Crippen LogP contribution in [0.4, 0.5) is 13.2 Å². The molecule has 0 bridgehead atoms. The molecule has 3 aromatic rings. The van der Waals surface area contributed by atoms with Crippen LogP contribution < -0.4 is 4.74 Å². The highest BCUT2D eigenvalue weighted by Gasteiger charge is 2.25. The van der Waals surface area contributed by atoms with Gasteiger partial charge in [-0.15, -0.1) is 0 Å². The number of hydrogen-bond acceptors (Lipinski definition) is 2. The van der Waals surface area contributed by atoms with Crippen molar-refractivity contribution in [2.75, 3.05) is 13.2 Å². The average molecular weight is 495 g/mol. The summed E-state index contributed by atoms with van der Waals surface area (Å²) in [6.45, 7) is 4.78. The molecule has 2 nitrogen and oxygen atoms in total. The third-order valence-corrected chi connectivity index (χ3v) is 6.74. The van der Waals surface area contributed by atoms with Gasteiger partial charge in [0.25, 0.3) is 0 Å². The molecule has 0 radical (unpaired) electrons. The fraction of sp³-hybridized carbons (Fsp3) is 0.355. The highest BCUT2D eigenvalue weighted by Crippen LogP contribution is 2.35. The standard InChI is InChI=1S/C31H33F3O2/c1-3-5-6-7-25-14-12-24(20-36-25)26-15-13-23(19-28(26)32)21-8-10-22(11-9-21)27-16-17-29(35-18-4-2)31(34)30(27)33/h3,5,8-11,13,15-17,19,24-25H,4,6-7,12,14,18,20H2,1-2H3/b5-3+. The quantitative estimate of drug-likeness (QED) is 0.277. The molecule has 5 heteroatoms. The van der Waals surface area contributed by atoms with Gasteiger partial charge in [0.1, 0.15) is 5.82 Å². The van der Waals surface area contributed by atoms with Crippen LogP contribution in [0.15, 0.2) is 66.7 Å². The van der Waals surface area contributed by atoms with Crippen molar-refractivity contribution in [2.24, 2.45) is 0 Å². The van der Waals surface area contributed by atoms with E-state index in [4.69, 9.17) is 9.47 Å². The van der Waals surface area contributed by atoms with Gasteiger partial charge >= 0.3 is 0 Å². The summed E-state index contributed by atoms with van der Waals surface area (Å²) in [5.74, 6) is -2.20. The number of benzene rings is 3. The third-order valence-electron chi connectivity index (χ3n) is 6.74. The molecule has 4 rings (SSSR count). The van der Waals surface area contributed by atoms with Crippen molar-refractivity contribution in [2.45, 2.75) is 58.0 Å². The summed E-state index contributed by atoms with van der Waals surface area (Å²) in [4.78, 5) is 0. The van der Waals surface area contributed by atoms with Gasteiger partial charge in [-0.2, -0.15) is 4.39 Å². The second-order valence-electron chi connectivity index (χ2n) is 9.28. The fourth-order valence-corrected chi connectivity index (χ4v) is 4.69. The van der Waals surface area contributed by atoms with Crippen molar-refractivity contribution in [1.82, 2.24) is 0 Å². The minimum absolute atomic E-state index is 0.0570. The van der Waals surface area contributed by atoms with E-state index in [0.29, 0.717) is 30.8 Å². The molecule has 2 atom stereocenters. The van der Waals surface area contributed by atoms with Gasteiger partial charge in [-0.05, 0) is 79.5 Å². The number of rotatable bonds is 9. The van der Waals surface area contributed by atoms with E-state index in [9.17, 15) is 8.78 Å². The van der Waals surface area contributed by atoms with Crippen molar-refractivity contribution in [3.05, 3.63) is 89.8 Å². The molecule has 2 unspecified atom stereocenters. The van der Waals surface area contributed by atoms with E-state index in [1.54, 1.807) is 30.3 Å². The summed E-state index contributed by atoms with van der Waals surface area (Å²) < 4.78 is 55.4. The second-order valence-corrected chi connectivity index (χ2v) is 9.28. The Morgan fingerprint density at radius 1 is 0.917 bits per heavy atom. The molecule has 0 N–H and O–H groups in total. The first-order valence-electron chi connectivity index (χ1n) is 12.8. The number of allylic oxidation sites excluding steroid dienone is 2. The van der Waals surface area contributed by atoms with E-state index in [1.165, 1.54) is 12.1 Å². The molecule has 0 amide bonds. The fourth-order valence-electron chi connectivity index (χ4n) is 4.69. The molecule has 190 valence electrons. The van der Waals surface area contributed by atoms with Gasteiger partial charge in [0.2, 0.25) is 5.82 Å². The van der Waals surface area contributed by atoms with Crippen LogP contribution in [0.25, 0.3) is 22.3 Å². The van der Waals surface area contributed by atoms with E-state index in [2.05, 4.69) is 12.2 Å². The van der Waals surface area contributed by atoms with Crippen LogP contribution in [-0.2, 0) is 4.74 Å². The van der Waals surface area contributed by atoms with Crippen LogP contribution in [0.3, 0.4) is 0 Å². The first-order chi connectivity index (χ1) is 17.5. The van der Waals surface area contributed by atoms with Gasteiger partial charge in [0.05, 0.1) is 19.3 Å². The van der Waals surface area contributed by atoms with Crippen LogP contribution >= 0.6 is 0 Å². The second kappa shape index (κ2) is 12.3. The number of halogens is 3. The van der Waals surface area contributed by atoms with Crippen molar-refractivity contribution < 1.29 is 22.6 Å². The molecule has 0 spiro atoms. The molecule has 1 heterocycles. The van der Waals surface area contributed by atoms with Crippen molar-refractivity contribution in [3.8, 4) is 28.0 Å². The van der Waals surface area contributed by atoms with Crippen LogP contribution in [-0.4, -0.2) is 19.3 Å². The first-order valence-corrected chi connectivity index (χ1v) is 12.8. The average Bonchev–Trinajstić information content (AvgIpc) is 2.90. The number of ether oxygens (including phenoxy) is 2. The van der Waals surface area contributed by atoms with Crippen LogP contribution in [0.1, 0.15) is 57.4 Å². The maximum atomic E-state index is 15.1. The Morgan fingerprint density at radius 3 is 2.33 bits per heavy atom. The maximum absolute atomic E-state index is 15.1. The Hall–Kier alpha value is -3.05. The number of hydrogen-bond donors (Lipinski definition) is 0. The zero-order valence-electron chi connectivity index (χ0n) is 20.9. The Balaban J connectivity index is 1.44. The molecule has 3 aromatic carbocycles. The molecule has 1 fully saturated rings. The van der Waals surface area contributed by atoms with Crippen LogP contribution in [0.2, 0.25) is 0 Å². The molecular weight excluding hydrogens is 461 g/mol. The summed E-state index contributed by atoms with van der Waals surface area (Å²) in [6, 6.07) is 15.3. The monoisotopic (exact) mass is 494 g/mol. The van der Waals surface area contributed by atoms with Gasteiger partial charge in [-0.1, -0.05) is 55.5 Å². The van der Waals surface area contributed by atoms with Crippen LogP contribution in [0.5, 0.6) is 5.75 Å². The van der Waals surface area contributed by atoms with Crippen molar-refractivity contribution in [3.63, 3.8) is 0 Å². The molecule has 0 saturated carbocycles. The Kier molecular flexibility index (Phi) is 8.87. The minimum Gasteiger partial charge on any atom is -0.490 e. The predicted octanol–water partition coefficient (Wildman–Crippen LogP) is 8.85. The normalized spacial score (nSPS) is 18.0. The zero-order valence-corrected chi connectivity index (χ0v) is 20.9. The smallest absolute Gasteiger partial charge is 0.201 e. The Morgan fingerprint density at radius 2 is 1.67 bits per heavy atom. The van der Waals surface area contributed by atoms with Gasteiger partial charge in [-0.25, -0.2) is 8.78 Å². The predicted molar refractivity (Wildman–Crippen MR) is 139 cm³/mol. The highest BCUT2D eigenvalue weighted by atomic mass is 19.2. The summed E-state index contributed by atoms with van der Waals surface area (Å²) in [7, 11) is 0. The molecule has 0 aliphatic carbocycles. The van der Waals surface area contributed by atoms with Gasteiger partial charge in [0, 0.05) is 11.5 Å². The topological polar surface area (TPSA) is 18.5 Å². The Labute approximate surface area is 211 Å². The SMILES string of the molecule is C/C=C/CCC1CCC(c2ccc(-c3ccc(-c4ccc(OCCC)c(F)c4F)cc3)cc2F)CO1. The lowest BCUT2D eigenvalue weighted by atomic mass is 9.89. The maximum Gasteiger partial charge on any atom is 0.201 e. The van der Waals surface area contributed by atoms with E-state index in [0.717, 1.165) is 36.8 Å². The highest BCUT2D eigenvalue weighted by molar-refractivity contribution is 5.71. The molecule has 36 heavy (non-hydrogen) atoms. The third kappa shape index (κ3) is 6.01. The van der Waals surface area contributed by atoms with E-state index >= 15 is 4.39 Å². The first kappa shape index (κ1) is 26.0. The van der Waals surface area contributed by atoms with Gasteiger partial charge in [0.15, 0.2) is 11.6 Å². The van der Waals surface area contributed by atoms with Crippen LogP contribution in [0, 0.1) is 17.5 Å². The molecule has 1 aliphatic heterocycles. The molecular formula is C31H33F3O2. The van der Waals surface area contributed by atoms with Gasteiger partial charge < -0.3 is 9.47 Å². The van der Waals surface area contributed by atoms with Gasteiger partial charge in [-0.3, -0.25) is 0 Å². The zero-order chi connectivity index (χ0) is 25.5. The lowest BCUT2D eigenvalue weighted by molar-refractivity contribution is -0.000797. The van der Waals surface area contributed by atoms with E-state index in [1.807, 2.05) is 26.0 Å². The molecule has 1 aliphatic rings. The lowest BCUT2D eigenvalue weighted by Gasteiger charge is -2.29. The molecule has 0 aromatic heterocycles.